The summed E-state index contributed by atoms with van der Waals surface area (Å²) < 4.78 is 5.09. The van der Waals surface area contributed by atoms with Gasteiger partial charge in [0, 0.05) is 6.54 Å². The Hall–Kier alpha value is -2.20. The second-order valence-electron chi connectivity index (χ2n) is 4.20. The number of benzene rings is 2. The highest BCUT2D eigenvalue weighted by atomic mass is 35.5. The van der Waals surface area contributed by atoms with E-state index in [-0.39, 0.29) is 5.56 Å². The van der Waals surface area contributed by atoms with Crippen molar-refractivity contribution in [2.24, 2.45) is 0 Å². The van der Waals surface area contributed by atoms with Crippen molar-refractivity contribution in [3.8, 4) is 5.75 Å². The summed E-state index contributed by atoms with van der Waals surface area (Å²) in [6.45, 7) is 0.593. The van der Waals surface area contributed by atoms with Gasteiger partial charge < -0.3 is 15.2 Å². The minimum atomic E-state index is -0.992. The van der Waals surface area contributed by atoms with E-state index in [9.17, 15) is 4.79 Å². The molecule has 0 saturated carbocycles. The molecule has 104 valence electrons. The lowest BCUT2D eigenvalue weighted by molar-refractivity contribution is 0.0697. The Labute approximate surface area is 122 Å². The molecule has 2 aromatic rings. The smallest absolute Gasteiger partial charge is 0.335 e. The van der Waals surface area contributed by atoms with Crippen LogP contribution >= 0.6 is 11.6 Å². The molecular weight excluding hydrogens is 278 g/mol. The topological polar surface area (TPSA) is 58.6 Å². The predicted molar refractivity (Wildman–Crippen MR) is 78.7 cm³/mol. The number of nitrogens with one attached hydrogen (secondary N) is 1. The van der Waals surface area contributed by atoms with Gasteiger partial charge in [0.2, 0.25) is 0 Å². The van der Waals surface area contributed by atoms with E-state index in [0.717, 1.165) is 11.3 Å². The SMILES string of the molecule is COc1ccc(CNc2ccc(C(=O)O)cc2Cl)cc1. The Morgan fingerprint density at radius 3 is 2.50 bits per heavy atom. The van der Waals surface area contributed by atoms with Crippen LogP contribution < -0.4 is 10.1 Å². The summed E-state index contributed by atoms with van der Waals surface area (Å²) in [4.78, 5) is 10.8. The maximum absolute atomic E-state index is 10.8. The minimum Gasteiger partial charge on any atom is -0.497 e. The first kappa shape index (κ1) is 14.2. The zero-order valence-electron chi connectivity index (χ0n) is 10.9. The third-order valence-corrected chi connectivity index (χ3v) is 3.17. The summed E-state index contributed by atoms with van der Waals surface area (Å²) in [5.74, 6) is -0.189. The van der Waals surface area contributed by atoms with E-state index in [0.29, 0.717) is 17.3 Å². The molecular formula is C15H14ClNO3. The normalized spacial score (nSPS) is 10.1. The highest BCUT2D eigenvalue weighted by molar-refractivity contribution is 6.33. The lowest BCUT2D eigenvalue weighted by atomic mass is 10.2. The van der Waals surface area contributed by atoms with Crippen molar-refractivity contribution in [3.05, 3.63) is 58.6 Å². The lowest BCUT2D eigenvalue weighted by Crippen LogP contribution is -2.02. The highest BCUT2D eigenvalue weighted by Gasteiger charge is 2.06. The molecule has 0 fully saturated rings. The molecule has 0 unspecified atom stereocenters. The number of hydrogen-bond acceptors (Lipinski definition) is 3. The van der Waals surface area contributed by atoms with Crippen LogP contribution in [0.25, 0.3) is 0 Å². The Morgan fingerprint density at radius 1 is 1.25 bits per heavy atom. The van der Waals surface area contributed by atoms with Gasteiger partial charge in [0.1, 0.15) is 5.75 Å². The molecule has 20 heavy (non-hydrogen) atoms. The van der Waals surface area contributed by atoms with Gasteiger partial charge in [0.05, 0.1) is 23.4 Å². The predicted octanol–water partition coefficient (Wildman–Crippen LogP) is 3.66. The molecule has 0 aliphatic rings. The summed E-state index contributed by atoms with van der Waals surface area (Å²) in [7, 11) is 1.62. The Balaban J connectivity index is 2.04. The Kier molecular flexibility index (Phi) is 4.48. The van der Waals surface area contributed by atoms with Crippen molar-refractivity contribution >= 4 is 23.3 Å². The highest BCUT2D eigenvalue weighted by Crippen LogP contribution is 2.24. The number of carboxylic acid groups (broad SMARTS) is 1. The molecule has 0 bridgehead atoms. The fourth-order valence-electron chi connectivity index (χ4n) is 1.73. The van der Waals surface area contributed by atoms with Crippen LogP contribution in [0.4, 0.5) is 5.69 Å². The number of carboxylic acids is 1. The van der Waals surface area contributed by atoms with E-state index < -0.39 is 5.97 Å². The first-order valence-electron chi connectivity index (χ1n) is 6.00. The Bertz CT molecular complexity index is 611. The quantitative estimate of drug-likeness (QED) is 0.882. The van der Waals surface area contributed by atoms with Gasteiger partial charge in [0.15, 0.2) is 0 Å². The Morgan fingerprint density at radius 2 is 1.95 bits per heavy atom. The molecule has 0 radical (unpaired) electrons. The summed E-state index contributed by atoms with van der Waals surface area (Å²) in [5.41, 5.74) is 1.95. The molecule has 0 spiro atoms. The molecule has 4 nitrogen and oxygen atoms in total. The number of anilines is 1. The average molecular weight is 292 g/mol. The van der Waals surface area contributed by atoms with Crippen molar-refractivity contribution < 1.29 is 14.6 Å². The van der Waals surface area contributed by atoms with Gasteiger partial charge in [-0.05, 0) is 35.9 Å². The monoisotopic (exact) mass is 291 g/mol. The second-order valence-corrected chi connectivity index (χ2v) is 4.61. The fourth-order valence-corrected chi connectivity index (χ4v) is 1.98. The van der Waals surface area contributed by atoms with E-state index >= 15 is 0 Å². The van der Waals surface area contributed by atoms with Crippen LogP contribution in [0, 0.1) is 0 Å². The number of rotatable bonds is 5. The van der Waals surface area contributed by atoms with Gasteiger partial charge >= 0.3 is 5.97 Å². The van der Waals surface area contributed by atoms with Gasteiger partial charge in [-0.25, -0.2) is 4.79 Å². The molecule has 0 amide bonds. The number of hydrogen-bond donors (Lipinski definition) is 2. The molecule has 0 aromatic heterocycles. The van der Waals surface area contributed by atoms with Crippen molar-refractivity contribution in [2.75, 3.05) is 12.4 Å². The summed E-state index contributed by atoms with van der Waals surface area (Å²) in [6, 6.07) is 12.3. The van der Waals surface area contributed by atoms with Gasteiger partial charge in [0.25, 0.3) is 0 Å². The summed E-state index contributed by atoms with van der Waals surface area (Å²) in [6.07, 6.45) is 0. The number of halogens is 1. The number of methoxy groups -OCH3 is 1. The standard InChI is InChI=1S/C15H14ClNO3/c1-20-12-5-2-10(3-6-12)9-17-14-7-4-11(15(18)19)8-13(14)16/h2-8,17H,9H2,1H3,(H,18,19). The zero-order valence-corrected chi connectivity index (χ0v) is 11.6. The minimum absolute atomic E-state index is 0.171. The third-order valence-electron chi connectivity index (χ3n) is 2.86. The number of ether oxygens (including phenoxy) is 1. The molecule has 0 aliphatic carbocycles. The first-order valence-corrected chi connectivity index (χ1v) is 6.37. The first-order chi connectivity index (χ1) is 9.60. The number of aromatic carboxylic acids is 1. The van der Waals surface area contributed by atoms with Crippen molar-refractivity contribution in [1.29, 1.82) is 0 Å². The van der Waals surface area contributed by atoms with E-state index in [1.54, 1.807) is 13.2 Å². The largest absolute Gasteiger partial charge is 0.497 e. The molecule has 2 N–H and O–H groups in total. The second kappa shape index (κ2) is 6.30. The van der Waals surface area contributed by atoms with Crippen LogP contribution in [0.2, 0.25) is 5.02 Å². The maximum Gasteiger partial charge on any atom is 0.335 e. The van der Waals surface area contributed by atoms with Crippen LogP contribution in [0.15, 0.2) is 42.5 Å². The lowest BCUT2D eigenvalue weighted by Gasteiger charge is -2.09. The fraction of sp³-hybridized carbons (Fsp3) is 0.133. The van der Waals surface area contributed by atoms with E-state index in [2.05, 4.69) is 5.32 Å². The van der Waals surface area contributed by atoms with Gasteiger partial charge in [-0.15, -0.1) is 0 Å². The van der Waals surface area contributed by atoms with Crippen molar-refractivity contribution in [3.63, 3.8) is 0 Å². The van der Waals surface area contributed by atoms with E-state index in [4.69, 9.17) is 21.4 Å². The molecule has 0 atom stereocenters. The van der Waals surface area contributed by atoms with Gasteiger partial charge in [-0.1, -0.05) is 23.7 Å². The van der Waals surface area contributed by atoms with Crippen molar-refractivity contribution in [1.82, 2.24) is 0 Å². The molecule has 2 rings (SSSR count). The molecule has 0 saturated heterocycles. The van der Waals surface area contributed by atoms with Crippen molar-refractivity contribution in [2.45, 2.75) is 6.54 Å². The van der Waals surface area contributed by atoms with Crippen LogP contribution in [0.5, 0.6) is 5.75 Å². The maximum atomic E-state index is 10.8. The number of carbonyl (C=O) groups is 1. The van der Waals surface area contributed by atoms with E-state index in [1.807, 2.05) is 24.3 Å². The van der Waals surface area contributed by atoms with E-state index in [1.165, 1.54) is 12.1 Å². The van der Waals surface area contributed by atoms with Gasteiger partial charge in [-0.2, -0.15) is 0 Å². The third kappa shape index (κ3) is 3.42. The zero-order chi connectivity index (χ0) is 14.5. The molecule has 2 aromatic carbocycles. The molecule has 0 aliphatic heterocycles. The average Bonchev–Trinajstić information content (AvgIpc) is 2.46. The summed E-state index contributed by atoms with van der Waals surface area (Å²) in [5, 5.41) is 12.4. The van der Waals surface area contributed by atoms with Crippen LogP contribution in [-0.4, -0.2) is 18.2 Å². The molecule has 0 heterocycles. The van der Waals surface area contributed by atoms with Crippen LogP contribution in [0.3, 0.4) is 0 Å². The summed E-state index contributed by atoms with van der Waals surface area (Å²) >= 11 is 6.04. The molecule has 5 heteroatoms. The van der Waals surface area contributed by atoms with Gasteiger partial charge in [-0.3, -0.25) is 0 Å². The van der Waals surface area contributed by atoms with Crippen LogP contribution in [0.1, 0.15) is 15.9 Å². The van der Waals surface area contributed by atoms with Crippen LogP contribution in [-0.2, 0) is 6.54 Å².